The summed E-state index contributed by atoms with van der Waals surface area (Å²) in [6.07, 6.45) is 0. The molecule has 0 bridgehead atoms. The zero-order valence-corrected chi connectivity index (χ0v) is 57.2. The molecule has 13 rings (SSSR count). The second kappa shape index (κ2) is 35.7. The quantitative estimate of drug-likeness (QED) is 0.0282. The third kappa shape index (κ3) is 20.1. The largest absolute Gasteiger partial charge is 0.485 e. The number of benzene rings is 13. The van der Waals surface area contributed by atoms with Crippen LogP contribution in [0.4, 0.5) is 0 Å². The molecular weight excluding hydrogens is 1320 g/mol. The molecule has 0 unspecified atom stereocenters. The monoisotopic (exact) mass is 1390 g/mol. The summed E-state index contributed by atoms with van der Waals surface area (Å²) in [6, 6.07) is 99.1. The van der Waals surface area contributed by atoms with Crippen molar-refractivity contribution in [1.29, 1.82) is 0 Å². The zero-order valence-electron chi connectivity index (χ0n) is 57.2. The van der Waals surface area contributed by atoms with Crippen LogP contribution in [0.2, 0.25) is 0 Å². The molecule has 0 heterocycles. The maximum absolute atomic E-state index is 15.2. The van der Waals surface area contributed by atoms with Crippen molar-refractivity contribution in [1.82, 2.24) is 0 Å². The molecule has 0 atom stereocenters. The summed E-state index contributed by atoms with van der Waals surface area (Å²) in [5.74, 6) is -1.56. The smallest absolute Gasteiger partial charge is 0.343 e. The van der Waals surface area contributed by atoms with Gasteiger partial charge in [-0.1, -0.05) is 273 Å². The van der Waals surface area contributed by atoms with Crippen LogP contribution in [0.1, 0.15) is 81.1 Å². The predicted molar refractivity (Wildman–Crippen MR) is 398 cm³/mol. The van der Waals surface area contributed by atoms with Gasteiger partial charge in [-0.05, 0) is 86.5 Å². The topological polar surface area (TPSA) is 162 Å². The third-order valence-electron chi connectivity index (χ3n) is 16.4. The first-order valence-corrected chi connectivity index (χ1v) is 34.1. The summed E-state index contributed by atoms with van der Waals surface area (Å²) in [5.41, 5.74) is 7.64. The van der Waals surface area contributed by atoms with Gasteiger partial charge in [0.15, 0.2) is 34.5 Å². The summed E-state index contributed by atoms with van der Waals surface area (Å²) in [7, 11) is 0. The van der Waals surface area contributed by atoms with E-state index in [1.807, 2.05) is 273 Å². The van der Waals surface area contributed by atoms with E-state index in [4.69, 9.17) is 56.8 Å². The highest BCUT2D eigenvalue weighted by molar-refractivity contribution is 5.95. The van der Waals surface area contributed by atoms with Crippen molar-refractivity contribution < 1.29 is 71.2 Å². The van der Waals surface area contributed by atoms with Crippen molar-refractivity contribution in [2.24, 2.45) is 0 Å². The number of esters is 3. The van der Waals surface area contributed by atoms with Crippen LogP contribution in [0.25, 0.3) is 0 Å². The molecule has 0 aliphatic carbocycles. The molecule has 0 spiro atoms. The van der Waals surface area contributed by atoms with Crippen LogP contribution in [0.5, 0.6) is 69.0 Å². The number of hydrogen-bond acceptors (Lipinski definition) is 15. The lowest BCUT2D eigenvalue weighted by molar-refractivity contribution is 0.0728. The van der Waals surface area contributed by atoms with Crippen molar-refractivity contribution in [2.45, 2.75) is 59.5 Å². The number of carbonyl (C=O) groups is 3. The van der Waals surface area contributed by atoms with E-state index in [2.05, 4.69) is 0 Å². The van der Waals surface area contributed by atoms with Crippen molar-refractivity contribution in [2.75, 3.05) is 0 Å². The number of hydrogen-bond donors (Lipinski definition) is 0. The van der Waals surface area contributed by atoms with Crippen LogP contribution in [0, 0.1) is 0 Å². The highest BCUT2D eigenvalue weighted by atomic mass is 16.6. The van der Waals surface area contributed by atoms with E-state index in [9.17, 15) is 0 Å². The minimum Gasteiger partial charge on any atom is -0.485 e. The molecule has 0 saturated carbocycles. The van der Waals surface area contributed by atoms with Gasteiger partial charge >= 0.3 is 17.9 Å². The van der Waals surface area contributed by atoms with Gasteiger partial charge in [0.1, 0.15) is 76.7 Å². The lowest BCUT2D eigenvalue weighted by Gasteiger charge is -2.19. The lowest BCUT2D eigenvalue weighted by Crippen LogP contribution is -2.14. The Morgan fingerprint density at radius 1 is 0.181 bits per heavy atom. The first-order chi connectivity index (χ1) is 51.7. The molecule has 0 saturated heterocycles. The Hall–Kier alpha value is -13.5. The van der Waals surface area contributed by atoms with Crippen LogP contribution in [-0.4, -0.2) is 17.9 Å². The normalized spacial score (nSPS) is 10.7. The summed E-state index contributed by atoms with van der Waals surface area (Å²) < 4.78 is 77.8. The highest BCUT2D eigenvalue weighted by Crippen LogP contribution is 2.45. The average Bonchev–Trinajstić information content (AvgIpc) is 0.806. The van der Waals surface area contributed by atoms with Crippen molar-refractivity contribution in [3.8, 4) is 69.0 Å². The highest BCUT2D eigenvalue weighted by Gasteiger charge is 2.27. The van der Waals surface area contributed by atoms with E-state index < -0.39 is 17.9 Å². The fraction of sp³-hybridized carbons (Fsp3) is 0.100. The summed E-state index contributed by atoms with van der Waals surface area (Å²) >= 11 is 0. The maximum atomic E-state index is 15.2. The van der Waals surface area contributed by atoms with Gasteiger partial charge in [0, 0.05) is 18.2 Å². The Labute approximate surface area is 608 Å². The Kier molecular flexibility index (Phi) is 23.8. The molecule has 0 aliphatic heterocycles. The van der Waals surface area contributed by atoms with Gasteiger partial charge in [0.05, 0.1) is 16.7 Å². The Morgan fingerprint density at radius 3 is 0.476 bits per heavy atom. The fourth-order valence-corrected chi connectivity index (χ4v) is 11.0. The second-order valence-corrected chi connectivity index (χ2v) is 24.2. The van der Waals surface area contributed by atoms with Crippen LogP contribution in [0.15, 0.2) is 328 Å². The molecule has 15 nitrogen and oxygen atoms in total. The first-order valence-electron chi connectivity index (χ1n) is 34.1. The summed E-state index contributed by atoms with van der Waals surface area (Å²) in [4.78, 5) is 45.5. The average molecular weight is 1390 g/mol. The van der Waals surface area contributed by atoms with E-state index in [1.165, 1.54) is 54.6 Å². The van der Waals surface area contributed by atoms with Gasteiger partial charge < -0.3 is 56.8 Å². The van der Waals surface area contributed by atoms with Gasteiger partial charge in [-0.25, -0.2) is 14.4 Å². The lowest BCUT2D eigenvalue weighted by atomic mass is 10.1. The van der Waals surface area contributed by atoms with E-state index in [-0.39, 0.29) is 145 Å². The van der Waals surface area contributed by atoms with Gasteiger partial charge in [-0.15, -0.1) is 0 Å². The summed E-state index contributed by atoms with van der Waals surface area (Å²) in [5, 5.41) is 0. The SMILES string of the molecule is O=C(Oc1cc(OC(=O)c2cc(OCc3ccccc3)c(OCc3ccccc3)c(OCc3ccccc3)c2)cc(OC(=O)c2cc(OCc3ccccc3)c(OCc3ccccc3)c(OCc3ccccc3)c2)c1)c1cc(OCc2ccccc2)c(OCc2ccccc2)c(OCc2ccccc2)c1. The minimum atomic E-state index is -0.905. The van der Waals surface area contributed by atoms with E-state index in [0.29, 0.717) is 0 Å². The van der Waals surface area contributed by atoms with Crippen LogP contribution < -0.4 is 56.8 Å². The molecule has 0 aromatic heterocycles. The Balaban J connectivity index is 0.889. The molecule has 522 valence electrons. The second-order valence-electron chi connectivity index (χ2n) is 24.2. The van der Waals surface area contributed by atoms with Crippen molar-refractivity contribution in [3.05, 3.63) is 394 Å². The molecule has 15 heteroatoms. The number of carbonyl (C=O) groups excluding carboxylic acids is 3. The van der Waals surface area contributed by atoms with Crippen molar-refractivity contribution >= 4 is 17.9 Å². The molecule has 13 aromatic carbocycles. The predicted octanol–water partition coefficient (Wildman–Crippen LogP) is 19.6. The van der Waals surface area contributed by atoms with E-state index in [1.54, 1.807) is 0 Å². The molecule has 0 fully saturated rings. The van der Waals surface area contributed by atoms with Crippen molar-refractivity contribution in [3.63, 3.8) is 0 Å². The third-order valence-corrected chi connectivity index (χ3v) is 16.4. The Bertz CT molecular complexity index is 4250. The molecule has 13 aromatic rings. The molecule has 105 heavy (non-hydrogen) atoms. The Morgan fingerprint density at radius 2 is 0.324 bits per heavy atom. The molecule has 0 radical (unpaired) electrons. The summed E-state index contributed by atoms with van der Waals surface area (Å²) in [6.45, 7) is 0.961. The van der Waals surface area contributed by atoms with Gasteiger partial charge in [-0.2, -0.15) is 0 Å². The van der Waals surface area contributed by atoms with Gasteiger partial charge in [0.25, 0.3) is 0 Å². The standard InChI is InChI=1S/C90H72O15/c91-88(73-46-79(94-55-64-28-10-1-11-29-64)85(100-61-70-40-22-7-23-41-70)80(47-73)95-56-65-30-12-2-13-31-65)103-76-52-77(104-89(92)74-48-81(96-57-66-32-14-3-15-33-66)86(101-62-71-42-24-8-25-43-71)82(49-74)97-58-67-34-16-4-17-35-67)54-78(53-76)105-90(93)75-50-83(98-59-68-36-18-5-19-37-68)87(102-63-72-44-26-9-27-45-72)84(51-75)99-60-69-38-20-6-21-39-69/h1-54H,55-63H2. The maximum Gasteiger partial charge on any atom is 0.343 e. The molecule has 0 N–H and O–H groups in total. The molecule has 0 aliphatic rings. The number of rotatable bonds is 33. The van der Waals surface area contributed by atoms with Crippen LogP contribution >= 0.6 is 0 Å². The first kappa shape index (κ1) is 69.9. The zero-order chi connectivity index (χ0) is 71.6. The minimum absolute atomic E-state index is 0.0181. The van der Waals surface area contributed by atoms with Crippen LogP contribution in [-0.2, 0) is 59.5 Å². The molecule has 0 amide bonds. The fourth-order valence-electron chi connectivity index (χ4n) is 11.0. The van der Waals surface area contributed by atoms with Crippen LogP contribution in [0.3, 0.4) is 0 Å². The van der Waals surface area contributed by atoms with Gasteiger partial charge in [0.2, 0.25) is 17.2 Å². The number of ether oxygens (including phenoxy) is 12. The van der Waals surface area contributed by atoms with E-state index >= 15 is 14.4 Å². The van der Waals surface area contributed by atoms with Gasteiger partial charge in [-0.3, -0.25) is 0 Å². The van der Waals surface area contributed by atoms with E-state index in [0.717, 1.165) is 50.1 Å². The molecular formula is C90H72O15.